The number of nitrogens with one attached hydrogen (secondary N) is 1. The fourth-order valence-electron chi connectivity index (χ4n) is 3.23. The lowest BCUT2D eigenvalue weighted by Gasteiger charge is -2.25. The summed E-state index contributed by atoms with van der Waals surface area (Å²) < 4.78 is 10.9. The Morgan fingerprint density at radius 1 is 1.46 bits per heavy atom. The van der Waals surface area contributed by atoms with E-state index in [1.54, 1.807) is 7.11 Å². The number of methoxy groups -OCH3 is 1. The second-order valence-electron chi connectivity index (χ2n) is 6.31. The van der Waals surface area contributed by atoms with Gasteiger partial charge in [-0.25, -0.2) is 0 Å². The van der Waals surface area contributed by atoms with Gasteiger partial charge < -0.3 is 19.7 Å². The van der Waals surface area contributed by atoms with Crippen molar-refractivity contribution in [3.05, 3.63) is 23.8 Å². The molecular formula is C18H24N2O4. The van der Waals surface area contributed by atoms with E-state index in [0.717, 1.165) is 43.0 Å². The molecule has 0 aliphatic carbocycles. The van der Waals surface area contributed by atoms with Crippen LogP contribution in [0.1, 0.15) is 24.8 Å². The van der Waals surface area contributed by atoms with Crippen LogP contribution in [-0.4, -0.2) is 50.1 Å². The number of benzene rings is 1. The fraction of sp³-hybridized carbons (Fsp3) is 0.556. The third-order valence-electron chi connectivity index (χ3n) is 4.62. The Morgan fingerprint density at radius 3 is 3.08 bits per heavy atom. The van der Waals surface area contributed by atoms with Crippen molar-refractivity contribution in [2.24, 2.45) is 5.92 Å². The van der Waals surface area contributed by atoms with Gasteiger partial charge in [-0.05, 0) is 43.0 Å². The maximum atomic E-state index is 12.3. The third-order valence-corrected chi connectivity index (χ3v) is 4.62. The van der Waals surface area contributed by atoms with Gasteiger partial charge in [-0.3, -0.25) is 9.59 Å². The topological polar surface area (TPSA) is 67.9 Å². The van der Waals surface area contributed by atoms with Crippen molar-refractivity contribution in [3.63, 3.8) is 0 Å². The smallest absolute Gasteiger partial charge is 0.226 e. The van der Waals surface area contributed by atoms with Crippen LogP contribution in [0.2, 0.25) is 0 Å². The van der Waals surface area contributed by atoms with Crippen LogP contribution in [0, 0.1) is 5.92 Å². The number of rotatable bonds is 6. The number of hydrogen-bond acceptors (Lipinski definition) is 4. The molecule has 0 radical (unpaired) electrons. The van der Waals surface area contributed by atoms with Gasteiger partial charge in [0, 0.05) is 26.1 Å². The molecule has 0 aromatic heterocycles. The predicted molar refractivity (Wildman–Crippen MR) is 89.1 cm³/mol. The molecule has 0 spiro atoms. The molecule has 24 heavy (non-hydrogen) atoms. The zero-order valence-electron chi connectivity index (χ0n) is 14.0. The normalized spacial score (nSPS) is 19.6. The molecule has 1 saturated heterocycles. The first kappa shape index (κ1) is 16.6. The predicted octanol–water partition coefficient (Wildman–Crippen LogP) is 1.37. The molecule has 130 valence electrons. The van der Waals surface area contributed by atoms with E-state index in [-0.39, 0.29) is 17.7 Å². The third kappa shape index (κ3) is 3.80. The Labute approximate surface area is 142 Å². The average Bonchev–Trinajstić information content (AvgIpc) is 3.02. The summed E-state index contributed by atoms with van der Waals surface area (Å²) in [5.74, 6) is 1.66. The molecule has 6 heteroatoms. The highest BCUT2D eigenvalue weighted by Crippen LogP contribution is 2.30. The van der Waals surface area contributed by atoms with Gasteiger partial charge in [0.15, 0.2) is 0 Å². The molecule has 0 saturated carbocycles. The lowest BCUT2D eigenvalue weighted by Crippen LogP contribution is -2.38. The van der Waals surface area contributed by atoms with Gasteiger partial charge in [0.2, 0.25) is 11.8 Å². The maximum absolute atomic E-state index is 12.3. The molecule has 1 aromatic carbocycles. The summed E-state index contributed by atoms with van der Waals surface area (Å²) in [6, 6.07) is 5.67. The van der Waals surface area contributed by atoms with Crippen LogP contribution in [0.15, 0.2) is 18.2 Å². The van der Waals surface area contributed by atoms with E-state index in [2.05, 4.69) is 5.32 Å². The van der Waals surface area contributed by atoms with E-state index >= 15 is 0 Å². The molecule has 2 aliphatic rings. The Balaban J connectivity index is 1.44. The second kappa shape index (κ2) is 7.55. The minimum absolute atomic E-state index is 0.0104. The van der Waals surface area contributed by atoms with Crippen LogP contribution in [0.25, 0.3) is 0 Å². The molecule has 2 heterocycles. The van der Waals surface area contributed by atoms with Crippen molar-refractivity contribution in [1.29, 1.82) is 0 Å². The molecule has 1 atom stereocenters. The Bertz CT molecular complexity index is 617. The molecule has 1 fully saturated rings. The second-order valence-corrected chi connectivity index (χ2v) is 6.31. The molecule has 3 rings (SSSR count). The van der Waals surface area contributed by atoms with Gasteiger partial charge in [-0.2, -0.15) is 0 Å². The van der Waals surface area contributed by atoms with Crippen LogP contribution in [-0.2, 0) is 16.0 Å². The quantitative estimate of drug-likeness (QED) is 0.799. The summed E-state index contributed by atoms with van der Waals surface area (Å²) in [6.45, 7) is 2.56. The Morgan fingerprint density at radius 2 is 2.33 bits per heavy atom. The lowest BCUT2D eigenvalue weighted by atomic mass is 9.96. The summed E-state index contributed by atoms with van der Waals surface area (Å²) in [6.07, 6.45) is 3.06. The van der Waals surface area contributed by atoms with Crippen LogP contribution in [0.5, 0.6) is 11.5 Å². The van der Waals surface area contributed by atoms with Crippen molar-refractivity contribution in [3.8, 4) is 11.5 Å². The highest BCUT2D eigenvalue weighted by Gasteiger charge is 2.26. The van der Waals surface area contributed by atoms with Gasteiger partial charge in [0.05, 0.1) is 13.0 Å². The summed E-state index contributed by atoms with van der Waals surface area (Å²) in [4.78, 5) is 25.7. The molecule has 0 unspecified atom stereocenters. The largest absolute Gasteiger partial charge is 0.497 e. The highest BCUT2D eigenvalue weighted by molar-refractivity contribution is 5.79. The van der Waals surface area contributed by atoms with Gasteiger partial charge >= 0.3 is 0 Å². The van der Waals surface area contributed by atoms with Crippen molar-refractivity contribution >= 4 is 11.8 Å². The van der Waals surface area contributed by atoms with E-state index < -0.39 is 0 Å². The first-order chi connectivity index (χ1) is 11.7. The maximum Gasteiger partial charge on any atom is 0.226 e. The summed E-state index contributed by atoms with van der Waals surface area (Å²) in [7, 11) is 1.63. The minimum Gasteiger partial charge on any atom is -0.497 e. The van der Waals surface area contributed by atoms with Crippen molar-refractivity contribution in [2.45, 2.75) is 25.7 Å². The minimum atomic E-state index is -0.182. The summed E-state index contributed by atoms with van der Waals surface area (Å²) in [5, 5.41) is 2.96. The van der Waals surface area contributed by atoms with Gasteiger partial charge in [0.1, 0.15) is 18.1 Å². The van der Waals surface area contributed by atoms with E-state index in [0.29, 0.717) is 26.0 Å². The average molecular weight is 332 g/mol. The first-order valence-corrected chi connectivity index (χ1v) is 8.52. The molecule has 1 aromatic rings. The van der Waals surface area contributed by atoms with E-state index in [4.69, 9.17) is 9.47 Å². The van der Waals surface area contributed by atoms with Crippen LogP contribution in [0.4, 0.5) is 0 Å². The number of carbonyl (C=O) groups excluding carboxylic acids is 2. The number of hydrogen-bond donors (Lipinski definition) is 1. The number of amides is 2. The molecular weight excluding hydrogens is 308 g/mol. The molecule has 0 bridgehead atoms. The van der Waals surface area contributed by atoms with E-state index in [1.807, 2.05) is 23.1 Å². The molecule has 1 N–H and O–H groups in total. The fourth-order valence-corrected chi connectivity index (χ4v) is 3.23. The zero-order chi connectivity index (χ0) is 16.9. The number of fused-ring (bicyclic) bond motifs is 1. The van der Waals surface area contributed by atoms with E-state index in [1.165, 1.54) is 0 Å². The number of carbonyl (C=O) groups is 2. The van der Waals surface area contributed by atoms with Crippen LogP contribution < -0.4 is 14.8 Å². The monoisotopic (exact) mass is 332 g/mol. The van der Waals surface area contributed by atoms with E-state index in [9.17, 15) is 9.59 Å². The number of nitrogens with zero attached hydrogens (tertiary/aromatic N) is 1. The van der Waals surface area contributed by atoms with Crippen molar-refractivity contribution < 1.29 is 19.1 Å². The molecule has 2 amide bonds. The summed E-state index contributed by atoms with van der Waals surface area (Å²) in [5.41, 5.74) is 1.00. The summed E-state index contributed by atoms with van der Waals surface area (Å²) >= 11 is 0. The number of ether oxygens (including phenoxy) is 2. The van der Waals surface area contributed by atoms with Gasteiger partial charge in [-0.1, -0.05) is 0 Å². The van der Waals surface area contributed by atoms with Crippen LogP contribution >= 0.6 is 0 Å². The Hall–Kier alpha value is -2.24. The van der Waals surface area contributed by atoms with Crippen molar-refractivity contribution in [2.75, 3.05) is 33.4 Å². The number of likely N-dealkylation sites (tertiary alicyclic amines) is 1. The molecule has 2 aliphatic heterocycles. The van der Waals surface area contributed by atoms with Crippen molar-refractivity contribution in [1.82, 2.24) is 10.2 Å². The molecule has 6 nitrogen and oxygen atoms in total. The highest BCUT2D eigenvalue weighted by atomic mass is 16.5. The van der Waals surface area contributed by atoms with Crippen LogP contribution in [0.3, 0.4) is 0 Å². The van der Waals surface area contributed by atoms with Gasteiger partial charge in [0.25, 0.3) is 0 Å². The lowest BCUT2D eigenvalue weighted by molar-refractivity contribution is -0.127. The standard InChI is InChI=1S/C18H24N2O4/c1-23-15-5-6-16-13(11-15)10-14(12-24-16)18(22)19-7-3-9-20-8-2-4-17(20)21/h5-6,11,14H,2-4,7-10,12H2,1H3,(H,19,22)/t14-/m0/s1. The van der Waals surface area contributed by atoms with Gasteiger partial charge in [-0.15, -0.1) is 0 Å². The zero-order valence-corrected chi connectivity index (χ0v) is 14.0. The first-order valence-electron chi connectivity index (χ1n) is 8.52. The Kier molecular flexibility index (Phi) is 5.23. The SMILES string of the molecule is COc1ccc2c(c1)C[C@H](C(=O)NCCCN1CCCC1=O)CO2.